The first-order valence-corrected chi connectivity index (χ1v) is 6.79. The van der Waals surface area contributed by atoms with Crippen LogP contribution >= 0.6 is 0 Å². The van der Waals surface area contributed by atoms with E-state index in [1.54, 1.807) is 6.33 Å². The average molecular weight is 273 g/mol. The minimum Gasteiger partial charge on any atom is -0.334 e. The fourth-order valence-electron chi connectivity index (χ4n) is 2.40. The zero-order chi connectivity index (χ0) is 14.1. The Morgan fingerprint density at radius 3 is 2.70 bits per heavy atom. The number of hydrogen-bond acceptors (Lipinski definition) is 4. The Morgan fingerprint density at radius 2 is 1.95 bits per heavy atom. The van der Waals surface area contributed by atoms with Crippen molar-refractivity contribution >= 4 is 16.9 Å². The van der Waals surface area contributed by atoms with Crippen LogP contribution in [-0.2, 0) is 7.05 Å². The number of likely N-dealkylation sites (N-methyl/N-ethyl adjacent to an activating group) is 1. The van der Waals surface area contributed by atoms with Gasteiger partial charge >= 0.3 is 0 Å². The highest BCUT2D eigenvalue weighted by atomic mass is 16.2. The van der Waals surface area contributed by atoms with E-state index in [4.69, 9.17) is 0 Å². The molecule has 106 valence electrons. The number of nitrogens with zero attached hydrogens (tertiary/aromatic N) is 4. The van der Waals surface area contributed by atoms with Crippen LogP contribution < -0.4 is 5.43 Å². The van der Waals surface area contributed by atoms with Crippen LogP contribution in [-0.4, -0.2) is 58.6 Å². The van der Waals surface area contributed by atoms with Crippen molar-refractivity contribution in [3.63, 3.8) is 0 Å². The predicted octanol–water partition coefficient (Wildman–Crippen LogP) is 0.465. The normalized spacial score (nSPS) is 17.5. The van der Waals surface area contributed by atoms with Crippen molar-refractivity contribution in [1.82, 2.24) is 24.9 Å². The number of rotatable bonds is 2. The van der Waals surface area contributed by atoms with Crippen molar-refractivity contribution in [2.24, 2.45) is 7.05 Å². The molecule has 0 bridgehead atoms. The van der Waals surface area contributed by atoms with Crippen LogP contribution in [0, 0.1) is 0 Å². The van der Waals surface area contributed by atoms with Crippen LogP contribution in [0.3, 0.4) is 0 Å². The lowest BCUT2D eigenvalue weighted by atomic mass is 10.2. The zero-order valence-electron chi connectivity index (χ0n) is 11.8. The molecule has 6 nitrogen and oxygen atoms in total. The van der Waals surface area contributed by atoms with Crippen molar-refractivity contribution in [3.8, 4) is 0 Å². The first-order chi connectivity index (χ1) is 9.63. The lowest BCUT2D eigenvalue weighted by Crippen LogP contribution is -2.52. The second-order valence-electron chi connectivity index (χ2n) is 5.29. The third kappa shape index (κ3) is 2.52. The first-order valence-electron chi connectivity index (χ1n) is 6.79. The Kier molecular flexibility index (Phi) is 3.42. The summed E-state index contributed by atoms with van der Waals surface area (Å²) in [7, 11) is 4.04. The Balaban J connectivity index is 1.72. The molecule has 1 aliphatic heterocycles. The zero-order valence-corrected chi connectivity index (χ0v) is 11.8. The number of aromatic nitrogens is 2. The summed E-state index contributed by atoms with van der Waals surface area (Å²) in [5.74, 6) is -0.0675. The number of fused-ring (bicyclic) bond motifs is 1. The van der Waals surface area contributed by atoms with Crippen LogP contribution in [0.2, 0.25) is 0 Å². The smallest absolute Gasteiger partial charge is 0.265 e. The standard InChI is InChI=1S/C14H19N5O/c1-17-5-7-19(8-6-17)16-14(20)11-3-4-13-12(9-11)15-10-18(13)2/h3-4,9-10H,5-8H2,1-2H3,(H,16,20). The lowest BCUT2D eigenvalue weighted by molar-refractivity contribution is 0.0662. The van der Waals surface area contributed by atoms with Gasteiger partial charge in [-0.2, -0.15) is 0 Å². The van der Waals surface area contributed by atoms with Crippen molar-refractivity contribution in [2.75, 3.05) is 33.2 Å². The Hall–Kier alpha value is -1.92. The number of aryl methyl sites for hydroxylation is 1. The van der Waals surface area contributed by atoms with Gasteiger partial charge < -0.3 is 9.47 Å². The van der Waals surface area contributed by atoms with E-state index in [0.717, 1.165) is 37.2 Å². The van der Waals surface area contributed by atoms with Gasteiger partial charge in [-0.25, -0.2) is 9.99 Å². The van der Waals surface area contributed by atoms with Gasteiger partial charge in [-0.1, -0.05) is 0 Å². The molecule has 20 heavy (non-hydrogen) atoms. The van der Waals surface area contributed by atoms with Crippen molar-refractivity contribution in [2.45, 2.75) is 0 Å². The van der Waals surface area contributed by atoms with E-state index in [-0.39, 0.29) is 5.91 Å². The molecule has 1 aliphatic rings. The Bertz CT molecular complexity index is 628. The molecule has 1 amide bonds. The summed E-state index contributed by atoms with van der Waals surface area (Å²) >= 11 is 0. The monoisotopic (exact) mass is 273 g/mol. The van der Waals surface area contributed by atoms with Crippen LogP contribution in [0.15, 0.2) is 24.5 Å². The molecule has 1 fully saturated rings. The largest absolute Gasteiger partial charge is 0.334 e. The molecule has 2 heterocycles. The van der Waals surface area contributed by atoms with Crippen LogP contribution in [0.1, 0.15) is 10.4 Å². The van der Waals surface area contributed by atoms with Gasteiger partial charge in [0.05, 0.1) is 17.4 Å². The lowest BCUT2D eigenvalue weighted by Gasteiger charge is -2.32. The number of amides is 1. The van der Waals surface area contributed by atoms with E-state index in [9.17, 15) is 4.79 Å². The number of benzene rings is 1. The SMILES string of the molecule is CN1CCN(NC(=O)c2ccc3c(c2)ncn3C)CC1. The van der Waals surface area contributed by atoms with Gasteiger partial charge in [-0.15, -0.1) is 0 Å². The molecular weight excluding hydrogens is 254 g/mol. The van der Waals surface area contributed by atoms with Gasteiger partial charge in [0, 0.05) is 38.8 Å². The molecule has 0 atom stereocenters. The molecule has 0 saturated carbocycles. The minimum absolute atomic E-state index is 0.0675. The van der Waals surface area contributed by atoms with Gasteiger partial charge in [0.25, 0.3) is 5.91 Å². The highest BCUT2D eigenvalue weighted by molar-refractivity contribution is 5.97. The maximum absolute atomic E-state index is 12.2. The fraction of sp³-hybridized carbons (Fsp3) is 0.429. The summed E-state index contributed by atoms with van der Waals surface area (Å²) in [6.45, 7) is 3.65. The molecular formula is C14H19N5O. The molecule has 0 radical (unpaired) electrons. The van der Waals surface area contributed by atoms with E-state index in [0.29, 0.717) is 5.56 Å². The third-order valence-corrected chi connectivity index (χ3v) is 3.75. The summed E-state index contributed by atoms with van der Waals surface area (Å²) < 4.78 is 1.94. The van der Waals surface area contributed by atoms with Crippen LogP contribution in [0.25, 0.3) is 11.0 Å². The second-order valence-corrected chi connectivity index (χ2v) is 5.29. The topological polar surface area (TPSA) is 53.4 Å². The molecule has 0 aliphatic carbocycles. The highest BCUT2D eigenvalue weighted by Gasteiger charge is 2.17. The van der Waals surface area contributed by atoms with Crippen LogP contribution in [0.5, 0.6) is 0 Å². The van der Waals surface area contributed by atoms with Gasteiger partial charge in [-0.3, -0.25) is 10.2 Å². The van der Waals surface area contributed by atoms with Gasteiger partial charge in [0.1, 0.15) is 0 Å². The molecule has 1 aromatic carbocycles. The number of piperazine rings is 1. The number of hydrogen-bond donors (Lipinski definition) is 1. The van der Waals surface area contributed by atoms with E-state index in [2.05, 4.69) is 22.4 Å². The molecule has 2 aromatic rings. The fourth-order valence-corrected chi connectivity index (χ4v) is 2.40. The van der Waals surface area contributed by atoms with Gasteiger partial charge in [0.2, 0.25) is 0 Å². The number of nitrogens with one attached hydrogen (secondary N) is 1. The Morgan fingerprint density at radius 1 is 1.20 bits per heavy atom. The number of carbonyl (C=O) groups is 1. The summed E-state index contributed by atoms with van der Waals surface area (Å²) in [4.78, 5) is 18.8. The second kappa shape index (κ2) is 5.22. The number of imidazole rings is 1. The quantitative estimate of drug-likeness (QED) is 0.864. The third-order valence-electron chi connectivity index (χ3n) is 3.75. The molecule has 1 saturated heterocycles. The van der Waals surface area contributed by atoms with Crippen molar-refractivity contribution in [1.29, 1.82) is 0 Å². The molecule has 0 spiro atoms. The highest BCUT2D eigenvalue weighted by Crippen LogP contribution is 2.14. The first kappa shape index (κ1) is 13.1. The predicted molar refractivity (Wildman–Crippen MR) is 77.3 cm³/mol. The summed E-state index contributed by atoms with van der Waals surface area (Å²) in [5.41, 5.74) is 5.48. The molecule has 1 N–H and O–H groups in total. The van der Waals surface area contributed by atoms with Crippen molar-refractivity contribution < 1.29 is 4.79 Å². The average Bonchev–Trinajstić information content (AvgIpc) is 2.82. The summed E-state index contributed by atoms with van der Waals surface area (Å²) in [6.07, 6.45) is 1.76. The molecule has 3 rings (SSSR count). The Labute approximate surface area is 118 Å². The molecule has 6 heteroatoms. The minimum atomic E-state index is -0.0675. The maximum Gasteiger partial charge on any atom is 0.265 e. The maximum atomic E-state index is 12.2. The van der Waals surface area contributed by atoms with Gasteiger partial charge in [-0.05, 0) is 25.2 Å². The number of hydrazine groups is 1. The van der Waals surface area contributed by atoms with E-state index < -0.39 is 0 Å². The van der Waals surface area contributed by atoms with Gasteiger partial charge in [0.15, 0.2) is 0 Å². The van der Waals surface area contributed by atoms with E-state index in [1.807, 2.05) is 34.8 Å². The number of carbonyl (C=O) groups excluding carboxylic acids is 1. The molecule has 1 aromatic heterocycles. The summed E-state index contributed by atoms with van der Waals surface area (Å²) in [6, 6.07) is 5.61. The van der Waals surface area contributed by atoms with E-state index in [1.165, 1.54) is 0 Å². The van der Waals surface area contributed by atoms with Crippen molar-refractivity contribution in [3.05, 3.63) is 30.1 Å². The van der Waals surface area contributed by atoms with E-state index >= 15 is 0 Å². The molecule has 0 unspecified atom stereocenters. The van der Waals surface area contributed by atoms with Crippen LogP contribution in [0.4, 0.5) is 0 Å². The summed E-state index contributed by atoms with van der Waals surface area (Å²) in [5, 5.41) is 1.98.